The van der Waals surface area contributed by atoms with Crippen LogP contribution < -0.4 is 0 Å². The molecular weight excluding hydrogens is 176 g/mol. The molecular formula is C12H16O2. The quantitative estimate of drug-likeness (QED) is 0.504. The van der Waals surface area contributed by atoms with Gasteiger partial charge in [-0.1, -0.05) is 0 Å². The van der Waals surface area contributed by atoms with Crippen LogP contribution in [0.25, 0.3) is 0 Å². The highest BCUT2D eigenvalue weighted by Crippen LogP contribution is 2.61. The molecule has 2 saturated carbocycles. The lowest BCUT2D eigenvalue weighted by atomic mass is 10.2. The van der Waals surface area contributed by atoms with Gasteiger partial charge >= 0.3 is 5.97 Å². The molecule has 0 radical (unpaired) electrons. The second-order valence-corrected chi connectivity index (χ2v) is 4.64. The van der Waals surface area contributed by atoms with E-state index >= 15 is 0 Å². The Kier molecular flexibility index (Phi) is 1.73. The van der Waals surface area contributed by atoms with Gasteiger partial charge in [0, 0.05) is 0 Å². The Bertz CT molecular complexity index is 286. The van der Waals surface area contributed by atoms with Gasteiger partial charge in [0.2, 0.25) is 0 Å². The number of carbonyl (C=O) groups is 1. The molecule has 14 heavy (non-hydrogen) atoms. The van der Waals surface area contributed by atoms with Gasteiger partial charge in [-0.25, -0.2) is 0 Å². The first-order chi connectivity index (χ1) is 6.83. The molecule has 2 nitrogen and oxygen atoms in total. The summed E-state index contributed by atoms with van der Waals surface area (Å²) in [5, 5.41) is 0. The molecule has 0 heterocycles. The van der Waals surface area contributed by atoms with Crippen molar-refractivity contribution in [3.63, 3.8) is 0 Å². The lowest BCUT2D eigenvalue weighted by Crippen LogP contribution is -2.10. The Balaban J connectivity index is 1.69. The van der Waals surface area contributed by atoms with E-state index in [9.17, 15) is 4.79 Å². The van der Waals surface area contributed by atoms with E-state index in [4.69, 9.17) is 4.74 Å². The van der Waals surface area contributed by atoms with E-state index < -0.39 is 0 Å². The van der Waals surface area contributed by atoms with Crippen molar-refractivity contribution >= 4 is 5.97 Å². The first-order valence-corrected chi connectivity index (χ1v) is 5.73. The SMILES string of the molecule is CCOC(=O)C1C(C2CC2)=C1C1CC1. The Morgan fingerprint density at radius 2 is 1.71 bits per heavy atom. The second-order valence-electron chi connectivity index (χ2n) is 4.64. The summed E-state index contributed by atoms with van der Waals surface area (Å²) in [7, 11) is 0. The van der Waals surface area contributed by atoms with Crippen molar-refractivity contribution in [2.24, 2.45) is 17.8 Å². The van der Waals surface area contributed by atoms with Crippen LogP contribution in [0.15, 0.2) is 11.1 Å². The number of esters is 1. The van der Waals surface area contributed by atoms with Crippen molar-refractivity contribution in [1.29, 1.82) is 0 Å². The molecule has 0 N–H and O–H groups in total. The maximum Gasteiger partial charge on any atom is 0.317 e. The van der Waals surface area contributed by atoms with Crippen LogP contribution in [0, 0.1) is 17.8 Å². The van der Waals surface area contributed by atoms with E-state index in [1.807, 2.05) is 6.92 Å². The molecule has 0 saturated heterocycles. The first kappa shape index (κ1) is 8.51. The average molecular weight is 192 g/mol. The Labute approximate surface area is 84.3 Å². The third-order valence-electron chi connectivity index (χ3n) is 3.43. The average Bonchev–Trinajstić information content (AvgIpc) is 2.91. The molecule has 0 atom stereocenters. The van der Waals surface area contributed by atoms with E-state index in [2.05, 4.69) is 0 Å². The summed E-state index contributed by atoms with van der Waals surface area (Å²) < 4.78 is 5.10. The van der Waals surface area contributed by atoms with Gasteiger partial charge in [-0.15, -0.1) is 0 Å². The van der Waals surface area contributed by atoms with Crippen LogP contribution in [0.1, 0.15) is 32.6 Å². The van der Waals surface area contributed by atoms with Crippen LogP contribution >= 0.6 is 0 Å². The maximum atomic E-state index is 11.6. The highest BCUT2D eigenvalue weighted by molar-refractivity contribution is 5.87. The van der Waals surface area contributed by atoms with Crippen molar-refractivity contribution in [1.82, 2.24) is 0 Å². The van der Waals surface area contributed by atoms with Gasteiger partial charge in [-0.2, -0.15) is 0 Å². The van der Waals surface area contributed by atoms with E-state index in [-0.39, 0.29) is 11.9 Å². The van der Waals surface area contributed by atoms with E-state index in [0.717, 1.165) is 11.8 Å². The normalized spacial score (nSPS) is 26.6. The fourth-order valence-electron chi connectivity index (χ4n) is 2.47. The maximum absolute atomic E-state index is 11.6. The van der Waals surface area contributed by atoms with E-state index in [1.54, 1.807) is 0 Å². The molecule has 2 heteroatoms. The van der Waals surface area contributed by atoms with Crippen molar-refractivity contribution in [3.05, 3.63) is 11.1 Å². The summed E-state index contributed by atoms with van der Waals surface area (Å²) in [5.41, 5.74) is 2.96. The predicted octanol–water partition coefficient (Wildman–Crippen LogP) is 2.30. The van der Waals surface area contributed by atoms with Crippen molar-refractivity contribution in [3.8, 4) is 0 Å². The van der Waals surface area contributed by atoms with Gasteiger partial charge in [0.05, 0.1) is 12.5 Å². The smallest absolute Gasteiger partial charge is 0.317 e. The largest absolute Gasteiger partial charge is 0.465 e. The number of rotatable bonds is 4. The Morgan fingerprint density at radius 1 is 1.21 bits per heavy atom. The molecule has 0 aliphatic heterocycles. The minimum atomic E-state index is 0.0244. The third-order valence-corrected chi connectivity index (χ3v) is 3.43. The Hall–Kier alpha value is -0.790. The fourth-order valence-corrected chi connectivity index (χ4v) is 2.47. The van der Waals surface area contributed by atoms with E-state index in [0.29, 0.717) is 6.61 Å². The fraction of sp³-hybridized carbons (Fsp3) is 0.750. The summed E-state index contributed by atoms with van der Waals surface area (Å²) in [5.74, 6) is 1.69. The summed E-state index contributed by atoms with van der Waals surface area (Å²) in [6.45, 7) is 2.40. The van der Waals surface area contributed by atoms with Crippen LogP contribution in [-0.4, -0.2) is 12.6 Å². The monoisotopic (exact) mass is 192 g/mol. The topological polar surface area (TPSA) is 26.3 Å². The lowest BCUT2D eigenvalue weighted by molar-refractivity contribution is -0.144. The second kappa shape index (κ2) is 2.85. The van der Waals surface area contributed by atoms with Crippen LogP contribution in [0.2, 0.25) is 0 Å². The number of hydrogen-bond acceptors (Lipinski definition) is 2. The van der Waals surface area contributed by atoms with E-state index in [1.165, 1.54) is 36.8 Å². The first-order valence-electron chi connectivity index (χ1n) is 5.73. The molecule has 0 aromatic heterocycles. The highest BCUT2D eigenvalue weighted by Gasteiger charge is 2.54. The molecule has 0 aromatic carbocycles. The minimum absolute atomic E-state index is 0.0244. The molecule has 0 bridgehead atoms. The summed E-state index contributed by atoms with van der Waals surface area (Å²) in [6.07, 6.45) is 5.23. The Morgan fingerprint density at radius 3 is 2.07 bits per heavy atom. The molecule has 3 aliphatic carbocycles. The molecule has 0 amide bonds. The van der Waals surface area contributed by atoms with Crippen molar-refractivity contribution in [2.45, 2.75) is 32.6 Å². The summed E-state index contributed by atoms with van der Waals surface area (Å²) in [4.78, 5) is 11.6. The molecule has 0 spiro atoms. The van der Waals surface area contributed by atoms with Crippen LogP contribution in [0.5, 0.6) is 0 Å². The van der Waals surface area contributed by atoms with Crippen LogP contribution in [0.4, 0.5) is 0 Å². The van der Waals surface area contributed by atoms with Crippen molar-refractivity contribution in [2.75, 3.05) is 6.61 Å². The van der Waals surface area contributed by atoms with Crippen LogP contribution in [-0.2, 0) is 9.53 Å². The van der Waals surface area contributed by atoms with Gasteiger partial charge < -0.3 is 4.74 Å². The van der Waals surface area contributed by atoms with Gasteiger partial charge in [0.1, 0.15) is 0 Å². The summed E-state index contributed by atoms with van der Waals surface area (Å²) >= 11 is 0. The molecule has 2 fully saturated rings. The minimum Gasteiger partial charge on any atom is -0.465 e. The summed E-state index contributed by atoms with van der Waals surface area (Å²) in [6, 6.07) is 0. The number of hydrogen-bond donors (Lipinski definition) is 0. The lowest BCUT2D eigenvalue weighted by Gasteiger charge is -2.01. The zero-order chi connectivity index (χ0) is 9.71. The standard InChI is InChI=1S/C12H16O2/c1-2-14-12(13)11-9(7-3-4-7)10(11)8-5-6-8/h7-8,11H,2-6H2,1H3. The van der Waals surface area contributed by atoms with Gasteiger partial charge in [0.25, 0.3) is 0 Å². The zero-order valence-corrected chi connectivity index (χ0v) is 8.58. The number of carbonyl (C=O) groups excluding carboxylic acids is 1. The third kappa shape index (κ3) is 1.28. The molecule has 0 unspecified atom stereocenters. The molecule has 3 aliphatic rings. The van der Waals surface area contributed by atoms with Gasteiger partial charge in [-0.3, -0.25) is 4.79 Å². The van der Waals surface area contributed by atoms with Crippen molar-refractivity contribution < 1.29 is 9.53 Å². The highest BCUT2D eigenvalue weighted by atomic mass is 16.5. The predicted molar refractivity (Wildman–Crippen MR) is 52.6 cm³/mol. The van der Waals surface area contributed by atoms with Crippen LogP contribution in [0.3, 0.4) is 0 Å². The van der Waals surface area contributed by atoms with Gasteiger partial charge in [-0.05, 0) is 55.6 Å². The molecule has 76 valence electrons. The molecule has 3 rings (SSSR count). The number of ether oxygens (including phenoxy) is 1. The zero-order valence-electron chi connectivity index (χ0n) is 8.58. The molecule has 0 aromatic rings. The van der Waals surface area contributed by atoms with Gasteiger partial charge in [0.15, 0.2) is 0 Å².